The number of amides is 2. The summed E-state index contributed by atoms with van der Waals surface area (Å²) in [5.41, 5.74) is 2.59. The molecule has 3 rings (SSSR count). The maximum Gasteiger partial charge on any atom is 0.267 e. The molecule has 0 saturated carbocycles. The Bertz CT molecular complexity index is 1040. The van der Waals surface area contributed by atoms with Crippen LogP contribution >= 0.6 is 0 Å². The van der Waals surface area contributed by atoms with E-state index in [4.69, 9.17) is 0 Å². The molecule has 1 aromatic heterocycles. The molecule has 5 nitrogen and oxygen atoms in total. The molecule has 0 spiro atoms. The zero-order valence-corrected chi connectivity index (χ0v) is 17.7. The lowest BCUT2D eigenvalue weighted by molar-refractivity contribution is 0.0939. The maximum absolute atomic E-state index is 13.1. The van der Waals surface area contributed by atoms with Crippen LogP contribution in [-0.4, -0.2) is 22.9 Å². The first-order valence-electron chi connectivity index (χ1n) is 10.4. The van der Waals surface area contributed by atoms with E-state index in [1.54, 1.807) is 0 Å². The number of aromatic nitrogens is 1. The Balaban J connectivity index is 1.88. The molecule has 0 aliphatic carbocycles. The van der Waals surface area contributed by atoms with Crippen molar-refractivity contribution in [2.45, 2.75) is 40.2 Å². The lowest BCUT2D eigenvalue weighted by Crippen LogP contribution is -2.29. The molecule has 30 heavy (non-hydrogen) atoms. The number of nitrogens with zero attached hydrogens (tertiary/aromatic N) is 1. The second kappa shape index (κ2) is 9.57. The summed E-state index contributed by atoms with van der Waals surface area (Å²) in [6, 6.07) is 12.9. The van der Waals surface area contributed by atoms with Crippen molar-refractivity contribution in [1.29, 1.82) is 0 Å². The van der Waals surface area contributed by atoms with E-state index in [1.807, 2.05) is 28.8 Å². The van der Waals surface area contributed by atoms with Crippen LogP contribution in [0.15, 0.2) is 48.5 Å². The molecule has 0 bridgehead atoms. The summed E-state index contributed by atoms with van der Waals surface area (Å²) in [4.78, 5) is 25.2. The fraction of sp³-hybridized carbons (Fsp3) is 0.333. The van der Waals surface area contributed by atoms with Crippen molar-refractivity contribution in [3.05, 3.63) is 65.6 Å². The van der Waals surface area contributed by atoms with Gasteiger partial charge in [-0.15, -0.1) is 0 Å². The number of halogens is 1. The van der Waals surface area contributed by atoms with E-state index < -0.39 is 0 Å². The quantitative estimate of drug-likeness (QED) is 0.536. The Morgan fingerprint density at radius 3 is 2.43 bits per heavy atom. The summed E-state index contributed by atoms with van der Waals surface area (Å²) >= 11 is 0. The molecule has 2 N–H and O–H groups in total. The first-order chi connectivity index (χ1) is 14.4. The van der Waals surface area contributed by atoms with Crippen LogP contribution in [0.4, 0.5) is 10.1 Å². The Morgan fingerprint density at radius 2 is 1.77 bits per heavy atom. The first-order valence-corrected chi connectivity index (χ1v) is 10.4. The zero-order valence-electron chi connectivity index (χ0n) is 17.7. The van der Waals surface area contributed by atoms with Gasteiger partial charge in [-0.2, -0.15) is 0 Å². The average Bonchev–Trinajstić information content (AvgIpc) is 3.08. The van der Waals surface area contributed by atoms with Crippen molar-refractivity contribution in [3.8, 4) is 0 Å². The molecule has 0 saturated heterocycles. The third kappa shape index (κ3) is 5.06. The third-order valence-electron chi connectivity index (χ3n) is 4.90. The van der Waals surface area contributed by atoms with Gasteiger partial charge in [-0.3, -0.25) is 9.59 Å². The fourth-order valence-corrected chi connectivity index (χ4v) is 3.29. The highest BCUT2D eigenvalue weighted by atomic mass is 19.1. The van der Waals surface area contributed by atoms with Crippen molar-refractivity contribution >= 4 is 28.4 Å². The topological polar surface area (TPSA) is 63.1 Å². The predicted octanol–water partition coefficient (Wildman–Crippen LogP) is 5.22. The Hall–Kier alpha value is -3.15. The van der Waals surface area contributed by atoms with Gasteiger partial charge in [0, 0.05) is 35.2 Å². The van der Waals surface area contributed by atoms with E-state index in [0.29, 0.717) is 29.4 Å². The molecular weight excluding hydrogens is 381 g/mol. The summed E-state index contributed by atoms with van der Waals surface area (Å²) in [6.45, 7) is 7.61. The van der Waals surface area contributed by atoms with Crippen LogP contribution in [0.25, 0.3) is 10.9 Å². The molecule has 0 unspecified atom stereocenters. The number of carbonyl (C=O) groups excluding carboxylic acids is 2. The van der Waals surface area contributed by atoms with Crippen LogP contribution in [0.3, 0.4) is 0 Å². The number of hydrogen-bond acceptors (Lipinski definition) is 2. The summed E-state index contributed by atoms with van der Waals surface area (Å²) in [7, 11) is 0. The molecule has 0 aliphatic rings. The molecular formula is C24H28FN3O2. The number of aryl methyl sites for hydroxylation is 1. The van der Waals surface area contributed by atoms with E-state index in [0.717, 1.165) is 30.3 Å². The minimum atomic E-state index is -0.385. The van der Waals surface area contributed by atoms with Gasteiger partial charge in [0.25, 0.3) is 11.8 Å². The highest BCUT2D eigenvalue weighted by Crippen LogP contribution is 2.25. The molecule has 2 aromatic carbocycles. The molecule has 0 aliphatic heterocycles. The fourth-order valence-electron chi connectivity index (χ4n) is 3.29. The minimum absolute atomic E-state index is 0.0899. The van der Waals surface area contributed by atoms with Crippen LogP contribution in [0.2, 0.25) is 0 Å². The van der Waals surface area contributed by atoms with Crippen molar-refractivity contribution in [1.82, 2.24) is 9.88 Å². The number of hydrogen-bond donors (Lipinski definition) is 2. The Morgan fingerprint density at radius 1 is 1.03 bits per heavy atom. The summed E-state index contributed by atoms with van der Waals surface area (Å²) in [6.07, 6.45) is 2.00. The highest BCUT2D eigenvalue weighted by molar-refractivity contribution is 6.05. The van der Waals surface area contributed by atoms with Gasteiger partial charge in [-0.25, -0.2) is 4.39 Å². The minimum Gasteiger partial charge on any atom is -0.351 e. The number of rotatable bonds is 8. The first kappa shape index (κ1) is 21.6. The van der Waals surface area contributed by atoms with Crippen LogP contribution in [0, 0.1) is 11.7 Å². The summed E-state index contributed by atoms with van der Waals surface area (Å²) in [5.74, 6) is -0.414. The van der Waals surface area contributed by atoms with Gasteiger partial charge in [0.1, 0.15) is 11.5 Å². The van der Waals surface area contributed by atoms with Gasteiger partial charge in [0.05, 0.1) is 0 Å². The van der Waals surface area contributed by atoms with Gasteiger partial charge < -0.3 is 15.2 Å². The number of nitrogens with one attached hydrogen (secondary N) is 2. The zero-order chi connectivity index (χ0) is 21.7. The van der Waals surface area contributed by atoms with E-state index >= 15 is 0 Å². The molecule has 3 aromatic rings. The SMILES string of the molecule is CCCCn1c(C(=O)NCC(C)C)cc2cc(NC(=O)c3ccc(F)cc3)ccc21. The number of benzene rings is 2. The second-order valence-electron chi connectivity index (χ2n) is 7.87. The lowest BCUT2D eigenvalue weighted by Gasteiger charge is -2.12. The van der Waals surface area contributed by atoms with E-state index in [-0.39, 0.29) is 17.6 Å². The lowest BCUT2D eigenvalue weighted by atomic mass is 10.2. The Labute approximate surface area is 176 Å². The van der Waals surface area contributed by atoms with Crippen LogP contribution in [0.5, 0.6) is 0 Å². The molecule has 1 heterocycles. The largest absolute Gasteiger partial charge is 0.351 e. The van der Waals surface area contributed by atoms with Gasteiger partial charge in [-0.05, 0) is 60.9 Å². The number of unbranched alkanes of at least 4 members (excludes halogenated alkanes) is 1. The third-order valence-corrected chi connectivity index (χ3v) is 4.90. The van der Waals surface area contributed by atoms with Crippen molar-refractivity contribution < 1.29 is 14.0 Å². The van der Waals surface area contributed by atoms with Crippen LogP contribution in [0.1, 0.15) is 54.5 Å². The molecule has 2 amide bonds. The van der Waals surface area contributed by atoms with Gasteiger partial charge >= 0.3 is 0 Å². The average molecular weight is 410 g/mol. The monoisotopic (exact) mass is 409 g/mol. The van der Waals surface area contributed by atoms with Crippen molar-refractivity contribution in [3.63, 3.8) is 0 Å². The standard InChI is InChI=1S/C24H28FN3O2/c1-4-5-12-28-21-11-10-20(27-23(29)17-6-8-19(25)9-7-17)13-18(21)14-22(28)24(30)26-15-16(2)3/h6-11,13-14,16H,4-5,12,15H2,1-3H3,(H,26,30)(H,27,29). The maximum atomic E-state index is 13.1. The summed E-state index contributed by atoms with van der Waals surface area (Å²) < 4.78 is 15.1. The highest BCUT2D eigenvalue weighted by Gasteiger charge is 2.16. The predicted molar refractivity (Wildman–Crippen MR) is 118 cm³/mol. The number of carbonyl (C=O) groups is 2. The number of anilines is 1. The van der Waals surface area contributed by atoms with E-state index in [9.17, 15) is 14.0 Å². The van der Waals surface area contributed by atoms with Crippen molar-refractivity contribution in [2.75, 3.05) is 11.9 Å². The van der Waals surface area contributed by atoms with Crippen molar-refractivity contribution in [2.24, 2.45) is 5.92 Å². The van der Waals surface area contributed by atoms with E-state index in [2.05, 4.69) is 31.4 Å². The molecule has 6 heteroatoms. The molecule has 0 atom stereocenters. The molecule has 158 valence electrons. The summed E-state index contributed by atoms with van der Waals surface area (Å²) in [5, 5.41) is 6.72. The second-order valence-corrected chi connectivity index (χ2v) is 7.87. The Kier molecular flexibility index (Phi) is 6.87. The van der Waals surface area contributed by atoms with Gasteiger partial charge in [0.2, 0.25) is 0 Å². The van der Waals surface area contributed by atoms with E-state index in [1.165, 1.54) is 24.3 Å². The normalized spacial score (nSPS) is 11.1. The van der Waals surface area contributed by atoms with Gasteiger partial charge in [0.15, 0.2) is 0 Å². The number of fused-ring (bicyclic) bond motifs is 1. The molecule has 0 radical (unpaired) electrons. The smallest absolute Gasteiger partial charge is 0.267 e. The van der Waals surface area contributed by atoms with Crippen LogP contribution < -0.4 is 10.6 Å². The molecule has 0 fully saturated rings. The van der Waals surface area contributed by atoms with Crippen LogP contribution in [-0.2, 0) is 6.54 Å². The van der Waals surface area contributed by atoms with Gasteiger partial charge in [-0.1, -0.05) is 27.2 Å².